The molecular weight excluding hydrogens is 354 g/mol. The molecule has 1 saturated heterocycles. The van der Waals surface area contributed by atoms with Gasteiger partial charge in [0.05, 0.1) is 0 Å². The molecule has 0 saturated carbocycles. The SMILES string of the molecule is c1ccc(CCNCc2cccn2-c2nnc(N3CCCCCC3)s2)cc1. The summed E-state index contributed by atoms with van der Waals surface area (Å²) in [4.78, 5) is 2.40. The van der Waals surface area contributed by atoms with Gasteiger partial charge in [-0.15, -0.1) is 10.2 Å². The van der Waals surface area contributed by atoms with Crippen LogP contribution in [0, 0.1) is 0 Å². The Bertz CT molecular complexity index is 818. The molecule has 5 nitrogen and oxygen atoms in total. The minimum atomic E-state index is 0.832. The van der Waals surface area contributed by atoms with Gasteiger partial charge in [-0.1, -0.05) is 54.5 Å². The van der Waals surface area contributed by atoms with E-state index in [0.717, 1.165) is 42.9 Å². The van der Waals surface area contributed by atoms with Gasteiger partial charge in [-0.3, -0.25) is 4.57 Å². The van der Waals surface area contributed by atoms with Crippen molar-refractivity contribution in [2.24, 2.45) is 0 Å². The zero-order chi connectivity index (χ0) is 18.3. The van der Waals surface area contributed by atoms with Crippen LogP contribution < -0.4 is 10.2 Å². The van der Waals surface area contributed by atoms with Crippen molar-refractivity contribution in [2.75, 3.05) is 24.5 Å². The number of hydrogen-bond donors (Lipinski definition) is 1. The second-order valence-corrected chi connectivity index (χ2v) is 7.98. The van der Waals surface area contributed by atoms with Gasteiger partial charge in [-0.05, 0) is 43.5 Å². The monoisotopic (exact) mass is 381 g/mol. The smallest absolute Gasteiger partial charge is 0.218 e. The van der Waals surface area contributed by atoms with Crippen molar-refractivity contribution >= 4 is 16.5 Å². The predicted octanol–water partition coefficient (Wildman–Crippen LogP) is 4.04. The molecule has 3 heterocycles. The highest BCUT2D eigenvalue weighted by Gasteiger charge is 2.16. The van der Waals surface area contributed by atoms with Gasteiger partial charge in [0.15, 0.2) is 0 Å². The standard InChI is InChI=1S/C21H27N5S/c1-2-7-15-25(14-6-1)20-23-24-21(27-20)26-16-8-11-19(26)17-22-13-12-18-9-4-3-5-10-18/h3-5,8-11,16,22H,1-2,6-7,12-15,17H2. The summed E-state index contributed by atoms with van der Waals surface area (Å²) in [6.07, 6.45) is 8.31. The molecule has 1 aliphatic rings. The fourth-order valence-electron chi connectivity index (χ4n) is 3.54. The summed E-state index contributed by atoms with van der Waals surface area (Å²) in [5, 5.41) is 14.5. The first-order valence-electron chi connectivity index (χ1n) is 9.90. The van der Waals surface area contributed by atoms with Gasteiger partial charge in [0.25, 0.3) is 0 Å². The first kappa shape index (κ1) is 18.2. The average molecular weight is 382 g/mol. The summed E-state index contributed by atoms with van der Waals surface area (Å²) in [6.45, 7) is 4.01. The van der Waals surface area contributed by atoms with E-state index in [1.54, 1.807) is 11.3 Å². The van der Waals surface area contributed by atoms with Crippen LogP contribution in [0.4, 0.5) is 5.13 Å². The Labute approximate surface area is 165 Å². The number of rotatable bonds is 7. The van der Waals surface area contributed by atoms with Crippen LogP contribution >= 0.6 is 11.3 Å². The fraction of sp³-hybridized carbons (Fsp3) is 0.429. The molecule has 1 fully saturated rings. The van der Waals surface area contributed by atoms with Crippen LogP contribution in [0.5, 0.6) is 0 Å². The molecule has 0 spiro atoms. The van der Waals surface area contributed by atoms with Gasteiger partial charge >= 0.3 is 0 Å². The third kappa shape index (κ3) is 4.76. The van der Waals surface area contributed by atoms with Crippen molar-refractivity contribution < 1.29 is 0 Å². The van der Waals surface area contributed by atoms with Crippen molar-refractivity contribution in [3.63, 3.8) is 0 Å². The molecule has 0 amide bonds. The lowest BCUT2D eigenvalue weighted by Crippen LogP contribution is -2.23. The quantitative estimate of drug-likeness (QED) is 0.628. The van der Waals surface area contributed by atoms with Crippen LogP contribution in [0.1, 0.15) is 36.9 Å². The van der Waals surface area contributed by atoms with E-state index in [9.17, 15) is 0 Å². The van der Waals surface area contributed by atoms with Crippen molar-refractivity contribution in [3.8, 4) is 5.13 Å². The van der Waals surface area contributed by atoms with Gasteiger partial charge in [-0.2, -0.15) is 0 Å². The topological polar surface area (TPSA) is 46.0 Å². The second kappa shape index (κ2) is 9.15. The van der Waals surface area contributed by atoms with E-state index in [1.807, 2.05) is 0 Å². The Hall–Kier alpha value is -2.18. The summed E-state index contributed by atoms with van der Waals surface area (Å²) in [5.41, 5.74) is 2.59. The van der Waals surface area contributed by atoms with Crippen LogP contribution in [0.3, 0.4) is 0 Å². The van der Waals surface area contributed by atoms with E-state index in [-0.39, 0.29) is 0 Å². The lowest BCUT2D eigenvalue weighted by Gasteiger charge is -2.17. The average Bonchev–Trinajstić information content (AvgIpc) is 3.29. The normalized spacial score (nSPS) is 15.0. The molecule has 6 heteroatoms. The lowest BCUT2D eigenvalue weighted by atomic mass is 10.1. The maximum Gasteiger partial charge on any atom is 0.218 e. The van der Waals surface area contributed by atoms with Crippen molar-refractivity contribution in [2.45, 2.75) is 38.6 Å². The van der Waals surface area contributed by atoms with E-state index in [0.29, 0.717) is 0 Å². The summed E-state index contributed by atoms with van der Waals surface area (Å²) in [6, 6.07) is 14.8. The van der Waals surface area contributed by atoms with E-state index in [2.05, 4.69) is 73.6 Å². The number of anilines is 1. The summed E-state index contributed by atoms with van der Waals surface area (Å²) in [5.74, 6) is 0. The minimum absolute atomic E-state index is 0.832. The third-order valence-electron chi connectivity index (χ3n) is 5.06. The van der Waals surface area contributed by atoms with Crippen LogP contribution in [0.15, 0.2) is 48.7 Å². The first-order valence-corrected chi connectivity index (χ1v) is 10.7. The molecule has 1 N–H and O–H groups in total. The number of nitrogens with zero attached hydrogens (tertiary/aromatic N) is 4. The highest BCUT2D eigenvalue weighted by atomic mass is 32.1. The molecule has 4 rings (SSSR count). The van der Waals surface area contributed by atoms with Gasteiger partial charge in [0, 0.05) is 31.5 Å². The highest BCUT2D eigenvalue weighted by molar-refractivity contribution is 7.17. The number of benzene rings is 1. The highest BCUT2D eigenvalue weighted by Crippen LogP contribution is 2.26. The van der Waals surface area contributed by atoms with E-state index in [4.69, 9.17) is 0 Å². The van der Waals surface area contributed by atoms with Gasteiger partial charge in [0.1, 0.15) is 0 Å². The zero-order valence-corrected chi connectivity index (χ0v) is 16.5. The Kier molecular flexibility index (Phi) is 6.17. The first-order chi connectivity index (χ1) is 13.4. The van der Waals surface area contributed by atoms with Crippen molar-refractivity contribution in [3.05, 3.63) is 59.9 Å². The fourth-order valence-corrected chi connectivity index (χ4v) is 4.45. The molecule has 1 aliphatic heterocycles. The van der Waals surface area contributed by atoms with E-state index in [1.165, 1.54) is 36.9 Å². The maximum atomic E-state index is 4.47. The summed E-state index contributed by atoms with van der Waals surface area (Å²) in [7, 11) is 0. The Morgan fingerprint density at radius 3 is 2.48 bits per heavy atom. The molecule has 3 aromatic rings. The van der Waals surface area contributed by atoms with Crippen molar-refractivity contribution in [1.29, 1.82) is 0 Å². The largest absolute Gasteiger partial charge is 0.347 e. The van der Waals surface area contributed by atoms with Crippen LogP contribution in [-0.4, -0.2) is 34.4 Å². The minimum Gasteiger partial charge on any atom is -0.347 e. The molecule has 0 atom stereocenters. The van der Waals surface area contributed by atoms with Crippen LogP contribution in [-0.2, 0) is 13.0 Å². The maximum absolute atomic E-state index is 4.47. The van der Waals surface area contributed by atoms with Crippen LogP contribution in [0.25, 0.3) is 5.13 Å². The molecular formula is C21H27N5S. The van der Waals surface area contributed by atoms with Gasteiger partial charge in [-0.25, -0.2) is 0 Å². The predicted molar refractivity (Wildman–Crippen MR) is 112 cm³/mol. The Morgan fingerprint density at radius 1 is 0.889 bits per heavy atom. The molecule has 2 aromatic heterocycles. The van der Waals surface area contributed by atoms with Gasteiger partial charge < -0.3 is 10.2 Å². The molecule has 1 aromatic carbocycles. The Balaban J connectivity index is 1.35. The molecule has 0 bridgehead atoms. The second-order valence-electron chi connectivity index (χ2n) is 7.05. The zero-order valence-electron chi connectivity index (χ0n) is 15.7. The third-order valence-corrected chi connectivity index (χ3v) is 6.04. The van der Waals surface area contributed by atoms with E-state index >= 15 is 0 Å². The lowest BCUT2D eigenvalue weighted by molar-refractivity contribution is 0.664. The van der Waals surface area contributed by atoms with Gasteiger partial charge in [0.2, 0.25) is 10.3 Å². The van der Waals surface area contributed by atoms with Crippen molar-refractivity contribution in [1.82, 2.24) is 20.1 Å². The molecule has 0 radical (unpaired) electrons. The molecule has 27 heavy (non-hydrogen) atoms. The number of hydrogen-bond acceptors (Lipinski definition) is 5. The summed E-state index contributed by atoms with van der Waals surface area (Å²) >= 11 is 1.70. The molecule has 142 valence electrons. The number of nitrogens with one attached hydrogen (secondary N) is 1. The molecule has 0 aliphatic carbocycles. The van der Waals surface area contributed by atoms with Crippen LogP contribution in [0.2, 0.25) is 0 Å². The summed E-state index contributed by atoms with van der Waals surface area (Å²) < 4.78 is 2.16. The molecule has 0 unspecified atom stereocenters. The van der Waals surface area contributed by atoms with E-state index < -0.39 is 0 Å². The number of aromatic nitrogens is 3. The Morgan fingerprint density at radius 2 is 1.67 bits per heavy atom.